The molecule has 1 aliphatic rings. The molecule has 1 aromatic carbocycles. The minimum atomic E-state index is -3.39. The van der Waals surface area contributed by atoms with E-state index in [4.69, 9.17) is 5.73 Å². The highest BCUT2D eigenvalue weighted by molar-refractivity contribution is 7.89. The van der Waals surface area contributed by atoms with Gasteiger partial charge in [-0.05, 0) is 23.1 Å². The Morgan fingerprint density at radius 1 is 1.05 bits per heavy atom. The van der Waals surface area contributed by atoms with Gasteiger partial charge in [0.2, 0.25) is 10.0 Å². The molecule has 1 fully saturated rings. The summed E-state index contributed by atoms with van der Waals surface area (Å²) in [7, 11) is -3.39. The number of nitrogens with zero attached hydrogens (tertiary/aromatic N) is 2. The van der Waals surface area contributed by atoms with E-state index in [0.29, 0.717) is 24.5 Å². The normalized spacial score (nSPS) is 18.5. The lowest BCUT2D eigenvalue weighted by atomic mass is 9.87. The van der Waals surface area contributed by atoms with Crippen molar-refractivity contribution < 1.29 is 8.42 Å². The third-order valence-corrected chi connectivity index (χ3v) is 6.05. The van der Waals surface area contributed by atoms with Crippen molar-refractivity contribution in [3.63, 3.8) is 0 Å². The number of piperazine rings is 1. The highest BCUT2D eigenvalue weighted by atomic mass is 32.2. The second kappa shape index (κ2) is 6.66. The maximum absolute atomic E-state index is 12.7. The predicted octanol–water partition coefficient (Wildman–Crippen LogP) is 1.25. The summed E-state index contributed by atoms with van der Waals surface area (Å²) in [5, 5.41) is 0. The summed E-state index contributed by atoms with van der Waals surface area (Å²) in [6.07, 6.45) is 0. The van der Waals surface area contributed by atoms with Crippen molar-refractivity contribution in [3.8, 4) is 0 Å². The molecule has 0 radical (unpaired) electrons. The van der Waals surface area contributed by atoms with Crippen LogP contribution in [-0.4, -0.2) is 56.9 Å². The lowest BCUT2D eigenvalue weighted by Gasteiger charge is -2.33. The van der Waals surface area contributed by atoms with Crippen molar-refractivity contribution >= 4 is 10.0 Å². The first-order valence-electron chi connectivity index (χ1n) is 7.78. The van der Waals surface area contributed by atoms with E-state index >= 15 is 0 Å². The van der Waals surface area contributed by atoms with Gasteiger partial charge in [0, 0.05) is 39.3 Å². The zero-order valence-electron chi connectivity index (χ0n) is 13.7. The molecule has 0 bridgehead atoms. The summed E-state index contributed by atoms with van der Waals surface area (Å²) >= 11 is 0. The number of nitrogens with two attached hydrogens (primary N) is 1. The zero-order chi connectivity index (χ0) is 16.4. The van der Waals surface area contributed by atoms with Gasteiger partial charge in [-0.1, -0.05) is 32.9 Å². The van der Waals surface area contributed by atoms with Crippen LogP contribution in [-0.2, 0) is 15.4 Å². The van der Waals surface area contributed by atoms with Crippen molar-refractivity contribution in [2.45, 2.75) is 31.1 Å². The third-order valence-electron chi connectivity index (χ3n) is 4.13. The molecule has 1 aromatic rings. The molecule has 0 unspecified atom stereocenters. The van der Waals surface area contributed by atoms with Gasteiger partial charge in [0.05, 0.1) is 4.90 Å². The van der Waals surface area contributed by atoms with Crippen LogP contribution in [0.15, 0.2) is 29.2 Å². The fraction of sp³-hybridized carbons (Fsp3) is 0.625. The van der Waals surface area contributed by atoms with Crippen LogP contribution < -0.4 is 5.73 Å². The molecular formula is C16H27N3O2S. The van der Waals surface area contributed by atoms with Crippen molar-refractivity contribution in [1.29, 1.82) is 0 Å². The Balaban J connectivity index is 2.11. The molecule has 124 valence electrons. The highest BCUT2D eigenvalue weighted by Crippen LogP contribution is 2.25. The largest absolute Gasteiger partial charge is 0.329 e. The van der Waals surface area contributed by atoms with Crippen LogP contribution in [0, 0.1) is 0 Å². The van der Waals surface area contributed by atoms with E-state index in [2.05, 4.69) is 25.7 Å². The van der Waals surface area contributed by atoms with E-state index in [1.165, 1.54) is 0 Å². The second-order valence-corrected chi connectivity index (χ2v) is 8.75. The minimum Gasteiger partial charge on any atom is -0.329 e. The number of hydrogen-bond donors (Lipinski definition) is 1. The van der Waals surface area contributed by atoms with Crippen LogP contribution in [0.4, 0.5) is 0 Å². The summed E-state index contributed by atoms with van der Waals surface area (Å²) in [6.45, 7) is 10.3. The van der Waals surface area contributed by atoms with E-state index < -0.39 is 10.0 Å². The first kappa shape index (κ1) is 17.4. The van der Waals surface area contributed by atoms with Crippen LogP contribution >= 0.6 is 0 Å². The Morgan fingerprint density at radius 3 is 2.05 bits per heavy atom. The van der Waals surface area contributed by atoms with Gasteiger partial charge < -0.3 is 5.73 Å². The maximum atomic E-state index is 12.7. The Labute approximate surface area is 134 Å². The molecule has 2 N–H and O–H groups in total. The summed E-state index contributed by atoms with van der Waals surface area (Å²) in [5.74, 6) is 0. The van der Waals surface area contributed by atoms with Crippen molar-refractivity contribution in [1.82, 2.24) is 9.21 Å². The summed E-state index contributed by atoms with van der Waals surface area (Å²) in [6, 6.07) is 7.28. The lowest BCUT2D eigenvalue weighted by Crippen LogP contribution is -2.49. The van der Waals surface area contributed by atoms with E-state index in [9.17, 15) is 8.42 Å². The Morgan fingerprint density at radius 2 is 1.59 bits per heavy atom. The fourth-order valence-corrected chi connectivity index (χ4v) is 4.07. The SMILES string of the molecule is CC(C)(C)c1ccc(S(=O)(=O)N2CCN(CCN)CC2)cc1. The van der Waals surface area contributed by atoms with E-state index in [1.54, 1.807) is 16.4 Å². The van der Waals surface area contributed by atoms with Gasteiger partial charge in [0.25, 0.3) is 0 Å². The number of benzene rings is 1. The van der Waals surface area contributed by atoms with Gasteiger partial charge in [-0.25, -0.2) is 8.42 Å². The molecule has 0 spiro atoms. The van der Waals surface area contributed by atoms with Crippen LogP contribution in [0.2, 0.25) is 0 Å². The smallest absolute Gasteiger partial charge is 0.243 e. The molecule has 0 amide bonds. The van der Waals surface area contributed by atoms with Gasteiger partial charge in [-0.15, -0.1) is 0 Å². The molecular weight excluding hydrogens is 298 g/mol. The lowest BCUT2D eigenvalue weighted by molar-refractivity contribution is 0.192. The minimum absolute atomic E-state index is 0.0239. The maximum Gasteiger partial charge on any atom is 0.243 e. The Bertz CT molecular complexity index is 583. The summed E-state index contributed by atoms with van der Waals surface area (Å²) in [5.41, 5.74) is 6.71. The quantitative estimate of drug-likeness (QED) is 0.905. The number of hydrogen-bond acceptors (Lipinski definition) is 4. The molecule has 22 heavy (non-hydrogen) atoms. The van der Waals surface area contributed by atoms with E-state index in [1.807, 2.05) is 12.1 Å². The first-order chi connectivity index (χ1) is 10.2. The van der Waals surface area contributed by atoms with Crippen LogP contribution in [0.1, 0.15) is 26.3 Å². The number of sulfonamides is 1. The van der Waals surface area contributed by atoms with Crippen molar-refractivity contribution in [2.24, 2.45) is 5.73 Å². The van der Waals surface area contributed by atoms with Crippen LogP contribution in [0.25, 0.3) is 0 Å². The van der Waals surface area contributed by atoms with Gasteiger partial charge in [0.1, 0.15) is 0 Å². The molecule has 1 heterocycles. The number of rotatable bonds is 4. The standard InChI is InChI=1S/C16H27N3O2S/c1-16(2,3)14-4-6-15(7-5-14)22(20,21)19-12-10-18(9-8-17)11-13-19/h4-7H,8-13,17H2,1-3H3. The molecule has 5 nitrogen and oxygen atoms in total. The van der Waals surface area contributed by atoms with Gasteiger partial charge in [0.15, 0.2) is 0 Å². The third kappa shape index (κ3) is 3.87. The summed E-state index contributed by atoms with van der Waals surface area (Å²) < 4.78 is 27.0. The molecule has 6 heteroatoms. The second-order valence-electron chi connectivity index (χ2n) is 6.81. The zero-order valence-corrected chi connectivity index (χ0v) is 14.6. The first-order valence-corrected chi connectivity index (χ1v) is 9.22. The van der Waals surface area contributed by atoms with Crippen molar-refractivity contribution in [3.05, 3.63) is 29.8 Å². The average Bonchev–Trinajstić information content (AvgIpc) is 2.47. The molecule has 0 aliphatic carbocycles. The van der Waals surface area contributed by atoms with E-state index in [0.717, 1.165) is 25.2 Å². The van der Waals surface area contributed by atoms with E-state index in [-0.39, 0.29) is 5.41 Å². The average molecular weight is 325 g/mol. The molecule has 1 saturated heterocycles. The predicted molar refractivity (Wildman–Crippen MR) is 89.4 cm³/mol. The Hall–Kier alpha value is -0.950. The Kier molecular flexibility index (Phi) is 5.27. The molecule has 2 rings (SSSR count). The monoisotopic (exact) mass is 325 g/mol. The molecule has 0 aromatic heterocycles. The van der Waals surface area contributed by atoms with Gasteiger partial charge >= 0.3 is 0 Å². The highest BCUT2D eigenvalue weighted by Gasteiger charge is 2.28. The van der Waals surface area contributed by atoms with Gasteiger partial charge in [-0.3, -0.25) is 4.90 Å². The fourth-order valence-electron chi connectivity index (χ4n) is 2.65. The topological polar surface area (TPSA) is 66.6 Å². The van der Waals surface area contributed by atoms with Crippen molar-refractivity contribution in [2.75, 3.05) is 39.3 Å². The van der Waals surface area contributed by atoms with Crippen LogP contribution in [0.3, 0.4) is 0 Å². The summed E-state index contributed by atoms with van der Waals surface area (Å²) in [4.78, 5) is 2.59. The molecule has 0 saturated carbocycles. The molecule has 1 aliphatic heterocycles. The van der Waals surface area contributed by atoms with Gasteiger partial charge in [-0.2, -0.15) is 4.31 Å². The molecule has 0 atom stereocenters. The van der Waals surface area contributed by atoms with Crippen LogP contribution in [0.5, 0.6) is 0 Å².